The van der Waals surface area contributed by atoms with Crippen LogP contribution in [0.5, 0.6) is 11.5 Å². The maximum Gasteiger partial charge on any atom is 0.326 e. The molecule has 0 bridgehead atoms. The Bertz CT molecular complexity index is 1020. The Morgan fingerprint density at radius 1 is 1.03 bits per heavy atom. The van der Waals surface area contributed by atoms with Crippen molar-refractivity contribution < 1.29 is 33.4 Å². The molecule has 1 N–H and O–H groups in total. The second kappa shape index (κ2) is 8.64. The number of carbonyl (C=O) groups is 4. The number of fused-ring (bicyclic) bond motifs is 1. The number of amides is 2. The summed E-state index contributed by atoms with van der Waals surface area (Å²) >= 11 is 0. The second-order valence-electron chi connectivity index (χ2n) is 6.43. The summed E-state index contributed by atoms with van der Waals surface area (Å²) in [7, 11) is 2.96. The molecule has 9 heteroatoms. The number of nitrogens with one attached hydrogen (secondary N) is 1. The lowest BCUT2D eigenvalue weighted by Gasteiger charge is -2.18. The molecule has 0 radical (unpaired) electrons. The Hall–Kier alpha value is -3.88. The molecular weight excluding hydrogens is 392 g/mol. The van der Waals surface area contributed by atoms with Gasteiger partial charge in [0, 0.05) is 11.8 Å². The van der Waals surface area contributed by atoms with Gasteiger partial charge in [0.15, 0.2) is 17.6 Å². The SMILES string of the molecule is COc1ccc(NC(=O)[C@H](C)OC(=O)CN2C(=O)C(=O)c3ccccc32)cc1OC. The van der Waals surface area contributed by atoms with Gasteiger partial charge >= 0.3 is 5.97 Å². The van der Waals surface area contributed by atoms with Crippen LogP contribution in [-0.2, 0) is 19.1 Å². The van der Waals surface area contributed by atoms with E-state index in [0.717, 1.165) is 4.90 Å². The third-order valence-corrected chi connectivity index (χ3v) is 4.49. The summed E-state index contributed by atoms with van der Waals surface area (Å²) < 4.78 is 15.5. The summed E-state index contributed by atoms with van der Waals surface area (Å²) in [4.78, 5) is 49.8. The summed E-state index contributed by atoms with van der Waals surface area (Å²) in [6, 6.07) is 11.2. The Kier molecular flexibility index (Phi) is 6.01. The van der Waals surface area contributed by atoms with Crippen LogP contribution in [0.1, 0.15) is 17.3 Å². The van der Waals surface area contributed by atoms with Crippen LogP contribution in [0, 0.1) is 0 Å². The Balaban J connectivity index is 1.61. The predicted molar refractivity (Wildman–Crippen MR) is 107 cm³/mol. The van der Waals surface area contributed by atoms with Crippen molar-refractivity contribution in [3.8, 4) is 11.5 Å². The predicted octanol–water partition coefficient (Wildman–Crippen LogP) is 1.80. The van der Waals surface area contributed by atoms with Crippen molar-refractivity contribution in [2.75, 3.05) is 31.0 Å². The fraction of sp³-hybridized carbons (Fsp3) is 0.238. The Morgan fingerprint density at radius 2 is 1.73 bits per heavy atom. The van der Waals surface area contributed by atoms with Crippen LogP contribution in [0.2, 0.25) is 0 Å². The molecular formula is C21H20N2O7. The first-order chi connectivity index (χ1) is 14.3. The fourth-order valence-corrected chi connectivity index (χ4v) is 2.98. The van der Waals surface area contributed by atoms with Gasteiger partial charge in [-0.15, -0.1) is 0 Å². The molecule has 1 aliphatic heterocycles. The van der Waals surface area contributed by atoms with Crippen LogP contribution in [0.3, 0.4) is 0 Å². The molecule has 2 aromatic carbocycles. The van der Waals surface area contributed by atoms with Gasteiger partial charge in [-0.3, -0.25) is 24.1 Å². The lowest BCUT2D eigenvalue weighted by molar-refractivity contribution is -0.152. The van der Waals surface area contributed by atoms with E-state index in [0.29, 0.717) is 22.9 Å². The normalized spacial score (nSPS) is 13.5. The molecule has 0 aromatic heterocycles. The highest BCUT2D eigenvalue weighted by atomic mass is 16.5. The largest absolute Gasteiger partial charge is 0.493 e. The van der Waals surface area contributed by atoms with Crippen molar-refractivity contribution in [2.45, 2.75) is 13.0 Å². The second-order valence-corrected chi connectivity index (χ2v) is 6.43. The standard InChI is InChI=1S/C21H20N2O7/c1-12(20(26)22-13-8-9-16(28-2)17(10-13)29-3)30-18(24)11-23-15-7-5-4-6-14(15)19(25)21(23)27/h4-10,12H,11H2,1-3H3,(H,22,26)/t12-/m0/s1. The molecule has 3 rings (SSSR count). The van der Waals surface area contributed by atoms with Crippen molar-refractivity contribution in [2.24, 2.45) is 0 Å². The van der Waals surface area contributed by atoms with E-state index in [4.69, 9.17) is 14.2 Å². The van der Waals surface area contributed by atoms with Gasteiger partial charge in [-0.05, 0) is 31.2 Å². The van der Waals surface area contributed by atoms with Crippen LogP contribution in [0.4, 0.5) is 11.4 Å². The zero-order valence-electron chi connectivity index (χ0n) is 16.6. The third kappa shape index (κ3) is 4.09. The summed E-state index contributed by atoms with van der Waals surface area (Å²) in [6.45, 7) is 0.925. The molecule has 2 amide bonds. The molecule has 0 saturated carbocycles. The minimum atomic E-state index is -1.13. The molecule has 1 aliphatic rings. The summed E-state index contributed by atoms with van der Waals surface area (Å²) in [5.74, 6) is -1.95. The molecule has 1 atom stereocenters. The fourth-order valence-electron chi connectivity index (χ4n) is 2.98. The van der Waals surface area contributed by atoms with Gasteiger partial charge < -0.3 is 19.5 Å². The first-order valence-electron chi connectivity index (χ1n) is 9.03. The number of esters is 1. The van der Waals surface area contributed by atoms with Crippen LogP contribution in [0.15, 0.2) is 42.5 Å². The van der Waals surface area contributed by atoms with E-state index in [9.17, 15) is 19.2 Å². The third-order valence-electron chi connectivity index (χ3n) is 4.49. The topological polar surface area (TPSA) is 111 Å². The van der Waals surface area contributed by atoms with Crippen molar-refractivity contribution in [3.63, 3.8) is 0 Å². The van der Waals surface area contributed by atoms with E-state index in [1.165, 1.54) is 27.2 Å². The number of methoxy groups -OCH3 is 2. The molecule has 0 fully saturated rings. The highest BCUT2D eigenvalue weighted by Crippen LogP contribution is 2.30. The van der Waals surface area contributed by atoms with Gasteiger partial charge in [0.1, 0.15) is 6.54 Å². The number of ketones is 1. The molecule has 0 saturated heterocycles. The van der Waals surface area contributed by atoms with Crippen LogP contribution >= 0.6 is 0 Å². The van der Waals surface area contributed by atoms with E-state index in [-0.39, 0.29) is 5.56 Å². The summed E-state index contributed by atoms with van der Waals surface area (Å²) in [5.41, 5.74) is 0.997. The minimum Gasteiger partial charge on any atom is -0.493 e. The molecule has 2 aromatic rings. The zero-order chi connectivity index (χ0) is 21.8. The molecule has 9 nitrogen and oxygen atoms in total. The van der Waals surface area contributed by atoms with Crippen LogP contribution in [-0.4, -0.2) is 50.4 Å². The van der Waals surface area contributed by atoms with Crippen molar-refractivity contribution in [1.82, 2.24) is 0 Å². The van der Waals surface area contributed by atoms with E-state index in [2.05, 4.69) is 5.32 Å². The van der Waals surface area contributed by atoms with Gasteiger partial charge in [-0.2, -0.15) is 0 Å². The molecule has 156 valence electrons. The highest BCUT2D eigenvalue weighted by Gasteiger charge is 2.37. The summed E-state index contributed by atoms with van der Waals surface area (Å²) in [5, 5.41) is 2.61. The summed E-state index contributed by atoms with van der Waals surface area (Å²) in [6.07, 6.45) is -1.13. The number of carbonyl (C=O) groups excluding carboxylic acids is 4. The number of rotatable bonds is 7. The Labute approximate surface area is 172 Å². The lowest BCUT2D eigenvalue weighted by atomic mass is 10.1. The monoisotopic (exact) mass is 412 g/mol. The maximum atomic E-state index is 12.4. The first-order valence-corrected chi connectivity index (χ1v) is 9.03. The quantitative estimate of drug-likeness (QED) is 0.545. The van der Waals surface area contributed by atoms with Gasteiger partial charge in [-0.25, -0.2) is 0 Å². The van der Waals surface area contributed by atoms with Crippen molar-refractivity contribution in [1.29, 1.82) is 0 Å². The number of nitrogens with zero attached hydrogens (tertiary/aromatic N) is 1. The van der Waals surface area contributed by atoms with E-state index in [1.54, 1.807) is 36.4 Å². The number of anilines is 2. The number of hydrogen-bond donors (Lipinski definition) is 1. The number of benzene rings is 2. The van der Waals surface area contributed by atoms with Crippen LogP contribution < -0.4 is 19.7 Å². The number of hydrogen-bond acceptors (Lipinski definition) is 7. The van der Waals surface area contributed by atoms with E-state index >= 15 is 0 Å². The first kappa shape index (κ1) is 20.8. The number of Topliss-reactive ketones (excluding diaryl/α,β-unsaturated/α-hetero) is 1. The number of ether oxygens (including phenoxy) is 3. The molecule has 1 heterocycles. The average molecular weight is 412 g/mol. The lowest BCUT2D eigenvalue weighted by Crippen LogP contribution is -2.38. The van der Waals surface area contributed by atoms with Gasteiger partial charge in [-0.1, -0.05) is 12.1 Å². The Morgan fingerprint density at radius 3 is 2.43 bits per heavy atom. The number of para-hydroxylation sites is 1. The molecule has 0 unspecified atom stereocenters. The van der Waals surface area contributed by atoms with Gasteiger partial charge in [0.2, 0.25) is 0 Å². The average Bonchev–Trinajstić information content (AvgIpc) is 2.98. The minimum absolute atomic E-state index is 0.231. The van der Waals surface area contributed by atoms with Crippen molar-refractivity contribution >= 4 is 34.9 Å². The maximum absolute atomic E-state index is 12.4. The molecule has 0 aliphatic carbocycles. The van der Waals surface area contributed by atoms with Crippen LogP contribution in [0.25, 0.3) is 0 Å². The van der Waals surface area contributed by atoms with Gasteiger partial charge in [0.25, 0.3) is 17.6 Å². The van der Waals surface area contributed by atoms with Crippen molar-refractivity contribution in [3.05, 3.63) is 48.0 Å². The van der Waals surface area contributed by atoms with E-state index in [1.807, 2.05) is 0 Å². The smallest absolute Gasteiger partial charge is 0.326 e. The zero-order valence-corrected chi connectivity index (χ0v) is 16.6. The molecule has 0 spiro atoms. The highest BCUT2D eigenvalue weighted by molar-refractivity contribution is 6.52. The molecule has 30 heavy (non-hydrogen) atoms. The van der Waals surface area contributed by atoms with E-state index < -0.39 is 36.2 Å². The van der Waals surface area contributed by atoms with Gasteiger partial charge in [0.05, 0.1) is 25.5 Å².